The summed E-state index contributed by atoms with van der Waals surface area (Å²) in [6, 6.07) is 8.43. The Morgan fingerprint density at radius 1 is 1.05 bits per heavy atom. The Morgan fingerprint density at radius 2 is 1.81 bits per heavy atom. The second-order valence-corrected chi connectivity index (χ2v) is 5.01. The fourth-order valence-corrected chi connectivity index (χ4v) is 2.35. The van der Waals surface area contributed by atoms with Crippen LogP contribution in [0.4, 0.5) is 8.78 Å². The second kappa shape index (κ2) is 4.81. The number of rotatable bonds is 2. The molecule has 1 aromatic heterocycles. The van der Waals surface area contributed by atoms with Gasteiger partial charge in [-0.3, -0.25) is 4.79 Å². The quantitative estimate of drug-likeness (QED) is 0.646. The smallest absolute Gasteiger partial charge is 0.231 e. The second-order valence-electron chi connectivity index (χ2n) is 5.01. The van der Waals surface area contributed by atoms with Gasteiger partial charge < -0.3 is 4.42 Å². The van der Waals surface area contributed by atoms with Crippen LogP contribution in [0, 0.1) is 25.5 Å². The van der Waals surface area contributed by atoms with E-state index in [0.29, 0.717) is 17.2 Å². The van der Waals surface area contributed by atoms with Crippen molar-refractivity contribution in [3.63, 3.8) is 0 Å². The minimum Gasteiger partial charge on any atom is -0.452 e. The Hall–Kier alpha value is -2.49. The van der Waals surface area contributed by atoms with E-state index < -0.39 is 17.4 Å². The van der Waals surface area contributed by atoms with Gasteiger partial charge in [-0.2, -0.15) is 0 Å². The topological polar surface area (TPSA) is 30.2 Å². The van der Waals surface area contributed by atoms with E-state index >= 15 is 0 Å². The number of aryl methyl sites for hydroxylation is 2. The Morgan fingerprint density at radius 3 is 2.52 bits per heavy atom. The molecule has 0 aliphatic carbocycles. The monoisotopic (exact) mass is 286 g/mol. The summed E-state index contributed by atoms with van der Waals surface area (Å²) in [4.78, 5) is 12.4. The maximum atomic E-state index is 13.7. The summed E-state index contributed by atoms with van der Waals surface area (Å²) < 4.78 is 32.2. The van der Waals surface area contributed by atoms with Crippen LogP contribution in [-0.4, -0.2) is 5.78 Å². The molecule has 1 heterocycles. The molecular weight excluding hydrogens is 274 g/mol. The molecule has 0 atom stereocenters. The van der Waals surface area contributed by atoms with Crippen molar-refractivity contribution in [2.45, 2.75) is 13.8 Å². The van der Waals surface area contributed by atoms with E-state index in [1.165, 1.54) is 0 Å². The molecular formula is C17H12F2O2. The van der Waals surface area contributed by atoms with Gasteiger partial charge >= 0.3 is 0 Å². The van der Waals surface area contributed by atoms with Crippen molar-refractivity contribution < 1.29 is 18.0 Å². The molecule has 0 bridgehead atoms. The van der Waals surface area contributed by atoms with Crippen molar-refractivity contribution in [3.8, 4) is 0 Å². The van der Waals surface area contributed by atoms with Crippen molar-refractivity contribution in [2.24, 2.45) is 0 Å². The minimum absolute atomic E-state index is 0.0844. The maximum absolute atomic E-state index is 13.7. The zero-order valence-electron chi connectivity index (χ0n) is 11.5. The molecule has 0 N–H and O–H groups in total. The van der Waals surface area contributed by atoms with E-state index in [2.05, 4.69) is 0 Å². The van der Waals surface area contributed by atoms with E-state index in [1.54, 1.807) is 13.0 Å². The Bertz CT molecular complexity index is 863. The van der Waals surface area contributed by atoms with Gasteiger partial charge in [-0.1, -0.05) is 11.6 Å². The number of fused-ring (bicyclic) bond motifs is 1. The highest BCUT2D eigenvalue weighted by Crippen LogP contribution is 2.28. The molecule has 4 heteroatoms. The number of hydrogen-bond donors (Lipinski definition) is 0. The standard InChI is InChI=1S/C17H12F2O2/c1-9-3-6-15-13(7-9)10(2)17(21-15)16(20)12-5-4-11(18)8-14(12)19/h3-8H,1-2H3. The molecule has 0 aliphatic rings. The van der Waals surface area contributed by atoms with E-state index in [-0.39, 0.29) is 11.3 Å². The van der Waals surface area contributed by atoms with E-state index in [0.717, 1.165) is 23.1 Å². The summed E-state index contributed by atoms with van der Waals surface area (Å²) in [7, 11) is 0. The number of halogens is 2. The van der Waals surface area contributed by atoms with E-state index in [4.69, 9.17) is 4.42 Å². The molecule has 3 aromatic rings. The van der Waals surface area contributed by atoms with Gasteiger partial charge in [0, 0.05) is 17.0 Å². The van der Waals surface area contributed by atoms with Gasteiger partial charge in [0.2, 0.25) is 5.78 Å². The molecule has 2 nitrogen and oxygen atoms in total. The largest absolute Gasteiger partial charge is 0.452 e. The Kier molecular flexibility index (Phi) is 3.09. The van der Waals surface area contributed by atoms with E-state index in [1.807, 2.05) is 19.1 Å². The summed E-state index contributed by atoms with van der Waals surface area (Å²) in [6.07, 6.45) is 0. The molecule has 3 rings (SSSR count). The molecule has 0 radical (unpaired) electrons. The van der Waals surface area contributed by atoms with Gasteiger partial charge in [0.1, 0.15) is 17.2 Å². The van der Waals surface area contributed by atoms with Crippen LogP contribution < -0.4 is 0 Å². The molecule has 21 heavy (non-hydrogen) atoms. The SMILES string of the molecule is Cc1ccc2oc(C(=O)c3ccc(F)cc3F)c(C)c2c1. The van der Waals surface area contributed by atoms with Gasteiger partial charge in [-0.05, 0) is 38.1 Å². The lowest BCUT2D eigenvalue weighted by atomic mass is 10.0. The third-order valence-electron chi connectivity index (χ3n) is 3.47. The van der Waals surface area contributed by atoms with Crippen molar-refractivity contribution >= 4 is 16.8 Å². The van der Waals surface area contributed by atoms with Crippen molar-refractivity contribution in [1.29, 1.82) is 0 Å². The van der Waals surface area contributed by atoms with Gasteiger partial charge in [0.25, 0.3) is 0 Å². The van der Waals surface area contributed by atoms with Crippen molar-refractivity contribution in [1.82, 2.24) is 0 Å². The minimum atomic E-state index is -0.893. The maximum Gasteiger partial charge on any atom is 0.231 e. The van der Waals surface area contributed by atoms with Crippen LogP contribution in [-0.2, 0) is 0 Å². The molecule has 0 amide bonds. The molecule has 2 aromatic carbocycles. The average Bonchev–Trinajstić information content (AvgIpc) is 2.75. The summed E-state index contributed by atoms with van der Waals surface area (Å²) in [6.45, 7) is 3.69. The molecule has 0 unspecified atom stereocenters. The van der Waals surface area contributed by atoms with Crippen LogP contribution in [0.2, 0.25) is 0 Å². The number of carbonyl (C=O) groups excluding carboxylic acids is 1. The average molecular weight is 286 g/mol. The molecule has 0 spiro atoms. The summed E-state index contributed by atoms with van der Waals surface area (Å²) in [5.41, 5.74) is 2.07. The number of ketones is 1. The van der Waals surface area contributed by atoms with Crippen LogP contribution in [0.3, 0.4) is 0 Å². The zero-order chi connectivity index (χ0) is 15.1. The van der Waals surface area contributed by atoms with Gasteiger partial charge in [0.05, 0.1) is 5.56 Å². The van der Waals surface area contributed by atoms with Crippen LogP contribution in [0.5, 0.6) is 0 Å². The summed E-state index contributed by atoms with van der Waals surface area (Å²) >= 11 is 0. The molecule has 0 aliphatic heterocycles. The number of carbonyl (C=O) groups is 1. The van der Waals surface area contributed by atoms with Gasteiger partial charge in [0.15, 0.2) is 5.76 Å². The fourth-order valence-electron chi connectivity index (χ4n) is 2.35. The highest BCUT2D eigenvalue weighted by Gasteiger charge is 2.22. The highest BCUT2D eigenvalue weighted by molar-refractivity contribution is 6.10. The van der Waals surface area contributed by atoms with Gasteiger partial charge in [-0.25, -0.2) is 8.78 Å². The van der Waals surface area contributed by atoms with Crippen LogP contribution in [0.1, 0.15) is 27.2 Å². The van der Waals surface area contributed by atoms with Crippen LogP contribution in [0.15, 0.2) is 40.8 Å². The molecule has 0 saturated carbocycles. The molecule has 0 saturated heterocycles. The third kappa shape index (κ3) is 2.23. The van der Waals surface area contributed by atoms with E-state index in [9.17, 15) is 13.6 Å². The van der Waals surface area contributed by atoms with Crippen LogP contribution >= 0.6 is 0 Å². The lowest BCUT2D eigenvalue weighted by molar-refractivity contribution is 0.101. The first-order chi connectivity index (χ1) is 9.97. The highest BCUT2D eigenvalue weighted by atomic mass is 19.1. The summed E-state index contributed by atoms with van der Waals surface area (Å²) in [5.74, 6) is -2.11. The molecule has 106 valence electrons. The zero-order valence-corrected chi connectivity index (χ0v) is 11.5. The first-order valence-electron chi connectivity index (χ1n) is 6.47. The van der Waals surface area contributed by atoms with Gasteiger partial charge in [-0.15, -0.1) is 0 Å². The number of hydrogen-bond acceptors (Lipinski definition) is 2. The fraction of sp³-hybridized carbons (Fsp3) is 0.118. The Labute approximate surface area is 120 Å². The summed E-state index contributed by atoms with van der Waals surface area (Å²) in [5, 5.41) is 0.820. The molecule has 0 fully saturated rings. The predicted molar refractivity (Wildman–Crippen MR) is 75.5 cm³/mol. The first-order valence-corrected chi connectivity index (χ1v) is 6.47. The van der Waals surface area contributed by atoms with Crippen molar-refractivity contribution in [3.05, 3.63) is 70.5 Å². The predicted octanol–water partition coefficient (Wildman–Crippen LogP) is 4.56. The van der Waals surface area contributed by atoms with Crippen LogP contribution in [0.25, 0.3) is 11.0 Å². The van der Waals surface area contributed by atoms with Crippen molar-refractivity contribution in [2.75, 3.05) is 0 Å². The number of benzene rings is 2. The third-order valence-corrected chi connectivity index (χ3v) is 3.47. The lowest BCUT2D eigenvalue weighted by Crippen LogP contribution is -2.05. The number of furan rings is 1. The lowest BCUT2D eigenvalue weighted by Gasteiger charge is -2.01. The Balaban J connectivity index is 2.15. The first kappa shape index (κ1) is 13.5. The normalized spacial score (nSPS) is 11.0.